The maximum atomic E-state index is 12.9. The van der Waals surface area contributed by atoms with Crippen molar-refractivity contribution in [3.05, 3.63) is 42.5 Å². The molecule has 104 valence electrons. The Morgan fingerprint density at radius 1 is 1.37 bits per heavy atom. The Morgan fingerprint density at radius 2 is 1.95 bits per heavy atom. The third-order valence-electron chi connectivity index (χ3n) is 2.36. The van der Waals surface area contributed by atoms with Crippen molar-refractivity contribution in [1.82, 2.24) is 0 Å². The molecule has 0 aromatic heterocycles. The molecule has 0 spiro atoms. The van der Waals surface area contributed by atoms with E-state index in [1.54, 1.807) is 0 Å². The molecule has 0 aliphatic heterocycles. The maximum Gasteiger partial charge on any atom is 0.406 e. The van der Waals surface area contributed by atoms with Crippen molar-refractivity contribution in [2.45, 2.75) is 12.1 Å². The number of hydrogen-bond donors (Lipinski definition) is 0. The van der Waals surface area contributed by atoms with Gasteiger partial charge in [0.05, 0.1) is 7.11 Å². The minimum atomic E-state index is -4.72. The van der Waals surface area contributed by atoms with Gasteiger partial charge in [0, 0.05) is 0 Å². The molecule has 0 saturated carbocycles. The molecule has 19 heavy (non-hydrogen) atoms. The molecule has 1 aromatic carbocycles. The lowest BCUT2D eigenvalue weighted by Crippen LogP contribution is -2.30. The van der Waals surface area contributed by atoms with Gasteiger partial charge in [-0.1, -0.05) is 24.8 Å². The Bertz CT molecular complexity index is 437. The lowest BCUT2D eigenvalue weighted by atomic mass is 9.98. The van der Waals surface area contributed by atoms with Crippen molar-refractivity contribution in [3.8, 4) is 5.75 Å². The molecule has 1 atom stereocenters. The van der Waals surface area contributed by atoms with Crippen LogP contribution in [0.5, 0.6) is 5.75 Å². The normalized spacial score (nSPS) is 12.6. The Kier molecular flexibility index (Phi) is 4.97. The summed E-state index contributed by atoms with van der Waals surface area (Å²) in [7, 11) is 1.40. The summed E-state index contributed by atoms with van der Waals surface area (Å²) in [4.78, 5) is 11.5. The number of carbonyl (C=O) groups is 1. The summed E-state index contributed by atoms with van der Waals surface area (Å²) < 4.78 is 48.1. The molecule has 0 aliphatic rings. The van der Waals surface area contributed by atoms with Crippen molar-refractivity contribution in [3.63, 3.8) is 0 Å². The Hall–Kier alpha value is -1.98. The third-order valence-corrected chi connectivity index (χ3v) is 2.36. The first-order valence-corrected chi connectivity index (χ1v) is 5.38. The topological polar surface area (TPSA) is 35.5 Å². The summed E-state index contributed by atoms with van der Waals surface area (Å²) in [6.45, 7) is 3.01. The van der Waals surface area contributed by atoms with Gasteiger partial charge in [-0.2, -0.15) is 13.2 Å². The first-order chi connectivity index (χ1) is 8.90. The zero-order chi connectivity index (χ0) is 14.5. The van der Waals surface area contributed by atoms with E-state index in [9.17, 15) is 18.0 Å². The fourth-order valence-corrected chi connectivity index (χ4v) is 1.48. The van der Waals surface area contributed by atoms with Gasteiger partial charge >= 0.3 is 12.1 Å². The van der Waals surface area contributed by atoms with Crippen molar-refractivity contribution >= 4 is 5.97 Å². The molecule has 0 amide bonds. The third kappa shape index (κ3) is 4.01. The monoisotopic (exact) mass is 274 g/mol. The van der Waals surface area contributed by atoms with Crippen LogP contribution in [0.15, 0.2) is 36.9 Å². The first kappa shape index (κ1) is 15.1. The van der Waals surface area contributed by atoms with Crippen LogP contribution in [0, 0.1) is 0 Å². The highest BCUT2D eigenvalue weighted by atomic mass is 19.4. The number of esters is 1. The van der Waals surface area contributed by atoms with E-state index in [1.165, 1.54) is 37.5 Å². The fourth-order valence-electron chi connectivity index (χ4n) is 1.48. The van der Waals surface area contributed by atoms with E-state index < -0.39 is 18.1 Å². The highest BCUT2D eigenvalue weighted by Gasteiger charge is 2.47. The molecule has 0 radical (unpaired) electrons. The van der Waals surface area contributed by atoms with Crippen LogP contribution in [0.3, 0.4) is 0 Å². The molecule has 0 fully saturated rings. The molecular weight excluding hydrogens is 261 g/mol. The van der Waals surface area contributed by atoms with Gasteiger partial charge in [0.1, 0.15) is 12.4 Å². The highest BCUT2D eigenvalue weighted by molar-refractivity contribution is 5.79. The molecule has 0 N–H and O–H groups in total. The van der Waals surface area contributed by atoms with Crippen LogP contribution in [0.2, 0.25) is 0 Å². The van der Waals surface area contributed by atoms with Crippen LogP contribution >= 0.6 is 0 Å². The Balaban J connectivity index is 3.02. The molecule has 0 heterocycles. The summed E-state index contributed by atoms with van der Waals surface area (Å²) in [6.07, 6.45) is -3.51. The van der Waals surface area contributed by atoms with Crippen molar-refractivity contribution in [1.29, 1.82) is 0 Å². The second-order valence-electron chi connectivity index (χ2n) is 3.67. The second-order valence-corrected chi connectivity index (χ2v) is 3.67. The number of alkyl halides is 3. The van der Waals surface area contributed by atoms with E-state index in [1.807, 2.05) is 0 Å². The molecule has 1 aromatic rings. The predicted molar refractivity (Wildman–Crippen MR) is 62.9 cm³/mol. The largest absolute Gasteiger partial charge is 0.497 e. The average Bonchev–Trinajstić information content (AvgIpc) is 2.35. The minimum Gasteiger partial charge on any atom is -0.497 e. The van der Waals surface area contributed by atoms with Gasteiger partial charge < -0.3 is 9.47 Å². The quantitative estimate of drug-likeness (QED) is 0.611. The van der Waals surface area contributed by atoms with E-state index >= 15 is 0 Å². The van der Waals surface area contributed by atoms with Gasteiger partial charge in [-0.05, 0) is 17.7 Å². The summed E-state index contributed by atoms with van der Waals surface area (Å²) in [5.74, 6) is -3.25. The van der Waals surface area contributed by atoms with Crippen LogP contribution < -0.4 is 4.74 Å². The average molecular weight is 274 g/mol. The van der Waals surface area contributed by atoms with E-state index in [-0.39, 0.29) is 12.2 Å². The van der Waals surface area contributed by atoms with Crippen LogP contribution in [0.25, 0.3) is 0 Å². The van der Waals surface area contributed by atoms with Gasteiger partial charge in [0.2, 0.25) is 0 Å². The van der Waals surface area contributed by atoms with Crippen molar-refractivity contribution in [2.75, 3.05) is 13.7 Å². The minimum absolute atomic E-state index is 0.192. The van der Waals surface area contributed by atoms with Gasteiger partial charge in [0.25, 0.3) is 0 Å². The van der Waals surface area contributed by atoms with Gasteiger partial charge in [0.15, 0.2) is 5.92 Å². The number of benzene rings is 1. The maximum absolute atomic E-state index is 12.9. The van der Waals surface area contributed by atoms with Crippen LogP contribution in [0.4, 0.5) is 13.2 Å². The fraction of sp³-hybridized carbons (Fsp3) is 0.308. The summed E-state index contributed by atoms with van der Waals surface area (Å²) in [6, 6.07) is 5.09. The predicted octanol–water partition coefficient (Wildman–Crippen LogP) is 3.07. The lowest BCUT2D eigenvalue weighted by molar-refractivity contribution is -0.180. The SMILES string of the molecule is C=CCOC(=O)C(c1ccc(OC)cc1)C(F)(F)F. The van der Waals surface area contributed by atoms with E-state index in [4.69, 9.17) is 4.74 Å². The van der Waals surface area contributed by atoms with Gasteiger partial charge in [-0.15, -0.1) is 0 Å². The number of hydrogen-bond acceptors (Lipinski definition) is 3. The summed E-state index contributed by atoms with van der Waals surface area (Å²) in [5, 5.41) is 0. The molecule has 6 heteroatoms. The number of ether oxygens (including phenoxy) is 2. The smallest absolute Gasteiger partial charge is 0.406 e. The Labute approximate surface area is 108 Å². The lowest BCUT2D eigenvalue weighted by Gasteiger charge is -2.19. The summed E-state index contributed by atoms with van der Waals surface area (Å²) >= 11 is 0. The zero-order valence-electron chi connectivity index (χ0n) is 10.2. The molecular formula is C13H13F3O3. The Morgan fingerprint density at radius 3 is 2.37 bits per heavy atom. The van der Waals surface area contributed by atoms with E-state index in [0.29, 0.717) is 5.75 Å². The van der Waals surface area contributed by atoms with Gasteiger partial charge in [-0.3, -0.25) is 4.79 Å². The number of carbonyl (C=O) groups excluding carboxylic acids is 1. The molecule has 0 aliphatic carbocycles. The van der Waals surface area contributed by atoms with E-state index in [2.05, 4.69) is 11.3 Å². The van der Waals surface area contributed by atoms with Gasteiger partial charge in [-0.25, -0.2) is 0 Å². The second kappa shape index (κ2) is 6.26. The highest BCUT2D eigenvalue weighted by Crippen LogP contribution is 2.36. The standard InChI is InChI=1S/C13H13F3O3/c1-3-8-19-12(17)11(13(14,15)16)9-4-6-10(18-2)7-5-9/h3-7,11H,1,8H2,2H3. The molecule has 3 nitrogen and oxygen atoms in total. The number of methoxy groups -OCH3 is 1. The zero-order valence-corrected chi connectivity index (χ0v) is 10.2. The summed E-state index contributed by atoms with van der Waals surface area (Å²) in [5.41, 5.74) is -0.192. The van der Waals surface area contributed by atoms with E-state index in [0.717, 1.165) is 0 Å². The molecule has 0 saturated heterocycles. The number of rotatable bonds is 5. The number of halogens is 3. The molecule has 0 bridgehead atoms. The van der Waals surface area contributed by atoms with Crippen LogP contribution in [0.1, 0.15) is 11.5 Å². The molecule has 1 rings (SSSR count). The van der Waals surface area contributed by atoms with Crippen molar-refractivity contribution < 1.29 is 27.4 Å². The first-order valence-electron chi connectivity index (χ1n) is 5.38. The van der Waals surface area contributed by atoms with Crippen molar-refractivity contribution in [2.24, 2.45) is 0 Å². The van der Waals surface area contributed by atoms with Crippen LogP contribution in [-0.2, 0) is 9.53 Å². The molecule has 1 unspecified atom stereocenters. The van der Waals surface area contributed by atoms with Crippen LogP contribution in [-0.4, -0.2) is 25.9 Å².